The van der Waals surface area contributed by atoms with Gasteiger partial charge in [0.2, 0.25) is 0 Å². The minimum absolute atomic E-state index is 0.0426. The van der Waals surface area contributed by atoms with Crippen LogP contribution < -0.4 is 0 Å². The molecule has 0 fully saturated rings. The predicted molar refractivity (Wildman–Crippen MR) is 67.7 cm³/mol. The van der Waals surface area contributed by atoms with Gasteiger partial charge in [-0.2, -0.15) is 0 Å². The number of aryl methyl sites for hydroxylation is 1. The number of aromatic nitrogens is 1. The van der Waals surface area contributed by atoms with Gasteiger partial charge in [0.05, 0.1) is 0 Å². The summed E-state index contributed by atoms with van der Waals surface area (Å²) in [5.74, 6) is -1.20. The van der Waals surface area contributed by atoms with Crippen molar-refractivity contribution in [1.29, 1.82) is 0 Å². The molecule has 0 radical (unpaired) electrons. The Bertz CT molecular complexity index is 632. The topological polar surface area (TPSA) is 63.3 Å². The molecule has 0 saturated carbocycles. The number of benzene rings is 1. The molecular formula is C14H14FNO3. The number of halogens is 1. The Labute approximate surface area is 109 Å². The average molecular weight is 263 g/mol. The fourth-order valence-corrected chi connectivity index (χ4v) is 1.89. The van der Waals surface area contributed by atoms with Crippen LogP contribution in [0.2, 0.25) is 0 Å². The Morgan fingerprint density at radius 3 is 2.63 bits per heavy atom. The summed E-state index contributed by atoms with van der Waals surface area (Å²) >= 11 is 0. The lowest BCUT2D eigenvalue weighted by Gasteiger charge is -2.03. The molecular weight excluding hydrogens is 249 g/mol. The molecule has 0 spiro atoms. The van der Waals surface area contributed by atoms with Gasteiger partial charge >= 0.3 is 5.97 Å². The van der Waals surface area contributed by atoms with E-state index in [2.05, 4.69) is 5.16 Å². The highest BCUT2D eigenvalue weighted by atomic mass is 19.1. The standard InChI is InChI=1S/C14H14FNO3/c1-7(2)13-11(14(17)18)12(16-19-13)9-4-5-10(15)8(3)6-9/h4-7H,1-3H3,(H,17,18). The molecule has 0 bridgehead atoms. The Morgan fingerprint density at radius 2 is 2.11 bits per heavy atom. The van der Waals surface area contributed by atoms with Crippen molar-refractivity contribution >= 4 is 5.97 Å². The molecule has 1 aromatic carbocycles. The van der Waals surface area contributed by atoms with E-state index in [0.717, 1.165) is 0 Å². The first kappa shape index (κ1) is 13.3. The van der Waals surface area contributed by atoms with E-state index < -0.39 is 5.97 Å². The summed E-state index contributed by atoms with van der Waals surface area (Å²) in [6.45, 7) is 5.27. The van der Waals surface area contributed by atoms with E-state index in [9.17, 15) is 14.3 Å². The molecule has 0 aliphatic carbocycles. The molecule has 1 aromatic heterocycles. The number of nitrogens with zero attached hydrogens (tertiary/aromatic N) is 1. The third-order valence-corrected chi connectivity index (χ3v) is 2.89. The highest BCUT2D eigenvalue weighted by Crippen LogP contribution is 2.30. The quantitative estimate of drug-likeness (QED) is 0.918. The predicted octanol–water partition coefficient (Wildman–Crippen LogP) is 3.61. The van der Waals surface area contributed by atoms with Crippen molar-refractivity contribution < 1.29 is 18.8 Å². The van der Waals surface area contributed by atoms with Crippen LogP contribution in [0.25, 0.3) is 11.3 Å². The van der Waals surface area contributed by atoms with Gasteiger partial charge in [0.15, 0.2) is 5.76 Å². The third kappa shape index (κ3) is 2.36. The fraction of sp³-hybridized carbons (Fsp3) is 0.286. The first-order valence-corrected chi connectivity index (χ1v) is 5.91. The number of carboxylic acid groups (broad SMARTS) is 1. The number of carbonyl (C=O) groups is 1. The van der Waals surface area contributed by atoms with Gasteiger partial charge in [0.25, 0.3) is 0 Å². The van der Waals surface area contributed by atoms with Crippen LogP contribution in [-0.4, -0.2) is 16.2 Å². The van der Waals surface area contributed by atoms with Crippen molar-refractivity contribution in [2.45, 2.75) is 26.7 Å². The number of rotatable bonds is 3. The molecule has 5 heteroatoms. The summed E-state index contributed by atoms with van der Waals surface area (Å²) in [7, 11) is 0. The molecule has 0 unspecified atom stereocenters. The summed E-state index contributed by atoms with van der Waals surface area (Å²) in [4.78, 5) is 11.4. The summed E-state index contributed by atoms with van der Waals surface area (Å²) in [5, 5.41) is 13.1. The van der Waals surface area contributed by atoms with Gasteiger partial charge in [0, 0.05) is 11.5 Å². The lowest BCUT2D eigenvalue weighted by atomic mass is 10.00. The number of hydrogen-bond donors (Lipinski definition) is 1. The zero-order valence-electron chi connectivity index (χ0n) is 10.9. The van der Waals surface area contributed by atoms with Crippen molar-refractivity contribution in [3.63, 3.8) is 0 Å². The Hall–Kier alpha value is -2.17. The maximum Gasteiger partial charge on any atom is 0.341 e. The number of aromatic carboxylic acids is 1. The Balaban J connectivity index is 2.62. The second kappa shape index (κ2) is 4.84. The normalized spacial score (nSPS) is 11.0. The van der Waals surface area contributed by atoms with Crippen LogP contribution in [0.3, 0.4) is 0 Å². The molecule has 0 aliphatic heterocycles. The number of carboxylic acids is 1. The van der Waals surface area contributed by atoms with Gasteiger partial charge < -0.3 is 9.63 Å². The second-order valence-corrected chi connectivity index (χ2v) is 4.69. The van der Waals surface area contributed by atoms with E-state index in [1.165, 1.54) is 12.1 Å². The minimum Gasteiger partial charge on any atom is -0.477 e. The van der Waals surface area contributed by atoms with Gasteiger partial charge in [-0.15, -0.1) is 0 Å². The lowest BCUT2D eigenvalue weighted by Crippen LogP contribution is -2.02. The highest BCUT2D eigenvalue weighted by Gasteiger charge is 2.25. The van der Waals surface area contributed by atoms with E-state index in [0.29, 0.717) is 16.9 Å². The van der Waals surface area contributed by atoms with Crippen molar-refractivity contribution in [2.75, 3.05) is 0 Å². The highest BCUT2D eigenvalue weighted by molar-refractivity contribution is 5.96. The van der Waals surface area contributed by atoms with Crippen LogP contribution in [0.5, 0.6) is 0 Å². The summed E-state index contributed by atoms with van der Waals surface area (Å²) in [6, 6.07) is 4.35. The van der Waals surface area contributed by atoms with Crippen LogP contribution in [0, 0.1) is 12.7 Å². The van der Waals surface area contributed by atoms with Crippen molar-refractivity contribution in [3.8, 4) is 11.3 Å². The van der Waals surface area contributed by atoms with Crippen molar-refractivity contribution in [1.82, 2.24) is 5.16 Å². The molecule has 100 valence electrons. The molecule has 0 aliphatic rings. The Kier molecular flexibility index (Phi) is 3.38. The van der Waals surface area contributed by atoms with Crippen LogP contribution >= 0.6 is 0 Å². The number of hydrogen-bond acceptors (Lipinski definition) is 3. The molecule has 1 N–H and O–H groups in total. The third-order valence-electron chi connectivity index (χ3n) is 2.89. The monoisotopic (exact) mass is 263 g/mol. The van der Waals surface area contributed by atoms with E-state index >= 15 is 0 Å². The largest absolute Gasteiger partial charge is 0.477 e. The summed E-state index contributed by atoms with van der Waals surface area (Å²) < 4.78 is 18.4. The first-order chi connectivity index (χ1) is 8.91. The van der Waals surface area contributed by atoms with Gasteiger partial charge in [-0.3, -0.25) is 0 Å². The molecule has 19 heavy (non-hydrogen) atoms. The minimum atomic E-state index is -1.10. The zero-order chi connectivity index (χ0) is 14.2. The summed E-state index contributed by atoms with van der Waals surface area (Å²) in [5.41, 5.74) is 1.25. The van der Waals surface area contributed by atoms with Gasteiger partial charge in [-0.1, -0.05) is 19.0 Å². The van der Waals surface area contributed by atoms with Gasteiger partial charge in [-0.25, -0.2) is 9.18 Å². The molecule has 0 amide bonds. The maximum atomic E-state index is 13.2. The summed E-state index contributed by atoms with van der Waals surface area (Å²) in [6.07, 6.45) is 0. The molecule has 2 rings (SSSR count). The lowest BCUT2D eigenvalue weighted by molar-refractivity contribution is 0.0694. The molecule has 4 nitrogen and oxygen atoms in total. The van der Waals surface area contributed by atoms with Crippen LogP contribution in [0.15, 0.2) is 22.7 Å². The SMILES string of the molecule is Cc1cc(-c2noc(C(C)C)c2C(=O)O)ccc1F. The smallest absolute Gasteiger partial charge is 0.341 e. The van der Waals surface area contributed by atoms with E-state index in [-0.39, 0.29) is 23.0 Å². The zero-order valence-corrected chi connectivity index (χ0v) is 10.9. The second-order valence-electron chi connectivity index (χ2n) is 4.69. The molecule has 2 aromatic rings. The average Bonchev–Trinajstić information content (AvgIpc) is 2.77. The van der Waals surface area contributed by atoms with Crippen molar-refractivity contribution in [2.24, 2.45) is 0 Å². The van der Waals surface area contributed by atoms with E-state index in [1.54, 1.807) is 13.0 Å². The van der Waals surface area contributed by atoms with Crippen LogP contribution in [0.1, 0.15) is 41.4 Å². The molecule has 0 atom stereocenters. The maximum absolute atomic E-state index is 13.2. The van der Waals surface area contributed by atoms with E-state index in [1.807, 2.05) is 13.8 Å². The van der Waals surface area contributed by atoms with Crippen molar-refractivity contribution in [3.05, 3.63) is 40.9 Å². The van der Waals surface area contributed by atoms with E-state index in [4.69, 9.17) is 4.52 Å². The fourth-order valence-electron chi connectivity index (χ4n) is 1.89. The van der Waals surface area contributed by atoms with Crippen LogP contribution in [-0.2, 0) is 0 Å². The Morgan fingerprint density at radius 1 is 1.42 bits per heavy atom. The van der Waals surface area contributed by atoms with Gasteiger partial charge in [0.1, 0.15) is 17.1 Å². The van der Waals surface area contributed by atoms with Crippen LogP contribution in [0.4, 0.5) is 4.39 Å². The van der Waals surface area contributed by atoms with Gasteiger partial charge in [-0.05, 0) is 30.7 Å². The molecule has 0 saturated heterocycles. The first-order valence-electron chi connectivity index (χ1n) is 5.91. The molecule has 1 heterocycles.